The van der Waals surface area contributed by atoms with Crippen molar-refractivity contribution in [1.82, 2.24) is 15.2 Å². The molecule has 1 aliphatic heterocycles. The molecule has 4 rings (SSSR count). The lowest BCUT2D eigenvalue weighted by atomic mass is 10.0. The molecule has 0 atom stereocenters. The molecule has 3 N–H and O–H groups in total. The van der Waals surface area contributed by atoms with E-state index in [1.807, 2.05) is 32.0 Å². The molecule has 0 radical (unpaired) electrons. The maximum absolute atomic E-state index is 12.4. The third-order valence-corrected chi connectivity index (χ3v) is 5.72. The Kier molecular flexibility index (Phi) is 6.47. The normalized spacial score (nSPS) is 13.5. The van der Waals surface area contributed by atoms with Gasteiger partial charge in [-0.3, -0.25) is 25.0 Å². The molecule has 1 fully saturated rings. The molecule has 1 aliphatic rings. The summed E-state index contributed by atoms with van der Waals surface area (Å²) < 4.78 is 8.02. The second kappa shape index (κ2) is 9.48. The highest BCUT2D eigenvalue weighted by molar-refractivity contribution is 7.80. The molecule has 0 aliphatic carbocycles. The number of hydrogen-bond acceptors (Lipinski definition) is 5. The topological polar surface area (TPSA) is 101 Å². The van der Waals surface area contributed by atoms with Crippen molar-refractivity contribution in [1.29, 1.82) is 0 Å². The fourth-order valence-electron chi connectivity index (χ4n) is 3.94. The number of anilines is 1. The molecule has 3 aromatic rings. The van der Waals surface area contributed by atoms with Gasteiger partial charge in [-0.2, -0.15) is 0 Å². The number of rotatable bonds is 6. The monoisotopic (exact) mass is 476 g/mol. The molecule has 0 unspecified atom stereocenters. The fraction of sp³-hybridized carbons (Fsp3) is 0.200. The van der Waals surface area contributed by atoms with Crippen molar-refractivity contribution in [2.24, 2.45) is 0 Å². The average molecular weight is 477 g/mol. The number of carbonyl (C=O) groups is 3. The summed E-state index contributed by atoms with van der Waals surface area (Å²) in [6, 6.07) is 13.3. The van der Waals surface area contributed by atoms with E-state index in [0.29, 0.717) is 24.6 Å². The zero-order chi connectivity index (χ0) is 24.4. The number of hydrogen-bond donors (Lipinski definition) is 3. The van der Waals surface area contributed by atoms with E-state index in [2.05, 4.69) is 20.5 Å². The number of thiocarbonyl (C=S) groups is 1. The number of fused-ring (bicyclic) bond motifs is 1. The standard InChI is InChI=1S/C25H24N4O4S/c1-14-4-9-22-20(12-14)19(13-21-23(31)27-25(34)28-24(21)32)15(2)29(22)10-11-33-18-7-5-17(6-8-18)26-16(3)30/h4-9,12-13H,10-11H2,1-3H3,(H,26,30)(H2,27,28,31,32,34). The Labute approximate surface area is 202 Å². The van der Waals surface area contributed by atoms with Crippen LogP contribution in [0.4, 0.5) is 5.69 Å². The number of aryl methyl sites for hydroxylation is 1. The van der Waals surface area contributed by atoms with Crippen LogP contribution < -0.4 is 20.7 Å². The van der Waals surface area contributed by atoms with E-state index in [9.17, 15) is 14.4 Å². The van der Waals surface area contributed by atoms with E-state index < -0.39 is 11.8 Å². The van der Waals surface area contributed by atoms with Crippen LogP contribution in [0.2, 0.25) is 0 Å². The summed E-state index contributed by atoms with van der Waals surface area (Å²) in [6.45, 7) is 6.37. The van der Waals surface area contributed by atoms with Crippen LogP contribution in [0, 0.1) is 13.8 Å². The van der Waals surface area contributed by atoms with E-state index in [0.717, 1.165) is 27.7 Å². The van der Waals surface area contributed by atoms with E-state index in [4.69, 9.17) is 17.0 Å². The highest BCUT2D eigenvalue weighted by atomic mass is 32.1. The molecule has 0 saturated carbocycles. The Bertz CT molecular complexity index is 1330. The Hall–Kier alpha value is -3.98. The van der Waals surface area contributed by atoms with Crippen LogP contribution >= 0.6 is 12.2 Å². The summed E-state index contributed by atoms with van der Waals surface area (Å²) in [7, 11) is 0. The maximum atomic E-state index is 12.4. The Morgan fingerprint density at radius 2 is 1.76 bits per heavy atom. The minimum absolute atomic E-state index is 0.00407. The van der Waals surface area contributed by atoms with Crippen molar-refractivity contribution in [2.45, 2.75) is 27.3 Å². The minimum Gasteiger partial charge on any atom is -0.492 e. The first kappa shape index (κ1) is 23.2. The number of nitrogens with one attached hydrogen (secondary N) is 3. The van der Waals surface area contributed by atoms with Gasteiger partial charge in [0, 0.05) is 34.8 Å². The van der Waals surface area contributed by atoms with Gasteiger partial charge < -0.3 is 14.6 Å². The molecule has 9 heteroatoms. The largest absolute Gasteiger partial charge is 0.492 e. The molecule has 0 spiro atoms. The Morgan fingerprint density at radius 3 is 2.41 bits per heavy atom. The Balaban J connectivity index is 1.60. The van der Waals surface area contributed by atoms with E-state index in [1.54, 1.807) is 30.3 Å². The lowest BCUT2D eigenvalue weighted by Crippen LogP contribution is -2.51. The SMILES string of the molecule is CC(=O)Nc1ccc(OCCn2c(C)c(C=C3C(=O)NC(=S)NC3=O)c3cc(C)ccc32)cc1. The number of aromatic nitrogens is 1. The number of carbonyl (C=O) groups excluding carboxylic acids is 3. The van der Waals surface area contributed by atoms with Crippen LogP contribution in [-0.2, 0) is 20.9 Å². The molecule has 0 bridgehead atoms. The Morgan fingerprint density at radius 1 is 1.09 bits per heavy atom. The van der Waals surface area contributed by atoms with Gasteiger partial charge in [0.1, 0.15) is 17.9 Å². The molecular weight excluding hydrogens is 452 g/mol. The van der Waals surface area contributed by atoms with Crippen LogP contribution in [-0.4, -0.2) is 34.0 Å². The summed E-state index contributed by atoms with van der Waals surface area (Å²) in [5, 5.41) is 8.62. The molecular formula is C25H24N4O4S. The van der Waals surface area contributed by atoms with Gasteiger partial charge in [0.15, 0.2) is 5.11 Å². The third kappa shape index (κ3) is 4.84. The summed E-state index contributed by atoms with van der Waals surface area (Å²) >= 11 is 4.89. The number of benzene rings is 2. The number of ether oxygens (including phenoxy) is 1. The highest BCUT2D eigenvalue weighted by Crippen LogP contribution is 2.29. The molecule has 1 aromatic heterocycles. The smallest absolute Gasteiger partial charge is 0.263 e. The summed E-state index contributed by atoms with van der Waals surface area (Å²) in [5.41, 5.74) is 4.47. The first-order valence-electron chi connectivity index (χ1n) is 10.7. The predicted octanol–water partition coefficient (Wildman–Crippen LogP) is 3.21. The first-order valence-corrected chi connectivity index (χ1v) is 11.1. The van der Waals surface area contributed by atoms with Gasteiger partial charge in [0.2, 0.25) is 5.91 Å². The van der Waals surface area contributed by atoms with Gasteiger partial charge in [0.05, 0.1) is 6.54 Å². The van der Waals surface area contributed by atoms with Crippen LogP contribution in [0.25, 0.3) is 17.0 Å². The predicted molar refractivity (Wildman–Crippen MR) is 135 cm³/mol. The second-order valence-corrected chi connectivity index (χ2v) is 8.43. The summed E-state index contributed by atoms with van der Waals surface area (Å²) in [6.07, 6.45) is 1.61. The van der Waals surface area contributed by atoms with Crippen molar-refractivity contribution >= 4 is 57.7 Å². The summed E-state index contributed by atoms with van der Waals surface area (Å²) in [4.78, 5) is 35.9. The van der Waals surface area contributed by atoms with Gasteiger partial charge in [-0.25, -0.2) is 0 Å². The van der Waals surface area contributed by atoms with Gasteiger partial charge >= 0.3 is 0 Å². The van der Waals surface area contributed by atoms with Crippen LogP contribution in [0.3, 0.4) is 0 Å². The van der Waals surface area contributed by atoms with Crippen molar-refractivity contribution < 1.29 is 19.1 Å². The molecule has 34 heavy (non-hydrogen) atoms. The van der Waals surface area contributed by atoms with Crippen LogP contribution in [0.15, 0.2) is 48.0 Å². The van der Waals surface area contributed by atoms with Gasteiger partial charge in [-0.1, -0.05) is 11.6 Å². The summed E-state index contributed by atoms with van der Waals surface area (Å²) in [5.74, 6) is -0.482. The second-order valence-electron chi connectivity index (χ2n) is 8.02. The molecule has 2 aromatic carbocycles. The lowest BCUT2D eigenvalue weighted by Gasteiger charge is -2.16. The van der Waals surface area contributed by atoms with Crippen molar-refractivity contribution in [3.05, 3.63) is 64.9 Å². The molecule has 1 saturated heterocycles. The van der Waals surface area contributed by atoms with Crippen molar-refractivity contribution in [3.63, 3.8) is 0 Å². The van der Waals surface area contributed by atoms with Crippen molar-refractivity contribution in [2.75, 3.05) is 11.9 Å². The fourth-order valence-corrected chi connectivity index (χ4v) is 4.12. The zero-order valence-corrected chi connectivity index (χ0v) is 19.8. The zero-order valence-electron chi connectivity index (χ0n) is 19.0. The average Bonchev–Trinajstić information content (AvgIpc) is 3.02. The number of nitrogens with zero attached hydrogens (tertiary/aromatic N) is 1. The molecule has 3 amide bonds. The van der Waals surface area contributed by atoms with Gasteiger partial charge in [0.25, 0.3) is 11.8 Å². The third-order valence-electron chi connectivity index (χ3n) is 5.52. The molecule has 2 heterocycles. The molecule has 174 valence electrons. The van der Waals surface area contributed by atoms with E-state index in [1.165, 1.54) is 6.92 Å². The van der Waals surface area contributed by atoms with Crippen LogP contribution in [0.1, 0.15) is 23.7 Å². The first-order chi connectivity index (χ1) is 16.2. The molecule has 8 nitrogen and oxygen atoms in total. The van der Waals surface area contributed by atoms with Crippen molar-refractivity contribution in [3.8, 4) is 5.75 Å². The highest BCUT2D eigenvalue weighted by Gasteiger charge is 2.27. The lowest BCUT2D eigenvalue weighted by molar-refractivity contribution is -0.123. The minimum atomic E-state index is -0.521. The maximum Gasteiger partial charge on any atom is 0.263 e. The van der Waals surface area contributed by atoms with E-state index >= 15 is 0 Å². The van der Waals surface area contributed by atoms with Gasteiger partial charge in [-0.05, 0) is 68.5 Å². The quantitative estimate of drug-likeness (QED) is 0.288. The number of amides is 3. The van der Waals surface area contributed by atoms with Gasteiger partial charge in [-0.15, -0.1) is 0 Å². The van der Waals surface area contributed by atoms with Crippen LogP contribution in [0.5, 0.6) is 5.75 Å². The van der Waals surface area contributed by atoms with E-state index in [-0.39, 0.29) is 16.6 Å².